The van der Waals surface area contributed by atoms with Crippen molar-refractivity contribution in [3.63, 3.8) is 0 Å². The van der Waals surface area contributed by atoms with Crippen molar-refractivity contribution >= 4 is 11.3 Å². The van der Waals surface area contributed by atoms with Gasteiger partial charge in [-0.15, -0.1) is 11.3 Å². The van der Waals surface area contributed by atoms with Crippen molar-refractivity contribution < 1.29 is 9.78 Å². The first-order valence-corrected chi connectivity index (χ1v) is 4.33. The van der Waals surface area contributed by atoms with Crippen LogP contribution >= 0.6 is 11.3 Å². The Hall–Kier alpha value is -0.960. The molecule has 0 aliphatic carbocycles. The molecule has 0 atom stereocenters. The largest absolute Gasteiger partial charge is 0.297 e. The van der Waals surface area contributed by atoms with E-state index in [0.717, 1.165) is 11.5 Å². The van der Waals surface area contributed by atoms with Gasteiger partial charge in [0.25, 0.3) is 0 Å². The number of hydrogen-bond acceptors (Lipinski definition) is 3. The minimum atomic E-state index is 0.769. The fourth-order valence-electron chi connectivity index (χ4n) is 0.522. The highest BCUT2D eigenvalue weighted by Crippen LogP contribution is 2.18. The molecular formula is C8H10O2S. The predicted molar refractivity (Wildman–Crippen MR) is 45.5 cm³/mol. The average molecular weight is 170 g/mol. The van der Waals surface area contributed by atoms with Crippen LogP contribution in [0.1, 0.15) is 13.3 Å². The Labute approximate surface area is 70.0 Å². The van der Waals surface area contributed by atoms with Crippen molar-refractivity contribution in [2.45, 2.75) is 13.3 Å². The molecule has 11 heavy (non-hydrogen) atoms. The van der Waals surface area contributed by atoms with E-state index < -0.39 is 0 Å². The molecule has 60 valence electrons. The molecule has 0 N–H and O–H groups in total. The summed E-state index contributed by atoms with van der Waals surface area (Å²) >= 11 is 1.50. The fraction of sp³-hybridized carbons (Fsp3) is 0.250. The molecule has 0 aromatic carbocycles. The van der Waals surface area contributed by atoms with Crippen LogP contribution in [0.25, 0.3) is 0 Å². The van der Waals surface area contributed by atoms with E-state index in [-0.39, 0.29) is 0 Å². The Kier molecular flexibility index (Phi) is 3.55. The lowest BCUT2D eigenvalue weighted by Crippen LogP contribution is -1.85. The summed E-state index contributed by atoms with van der Waals surface area (Å²) in [6.07, 6.45) is 4.38. The molecule has 0 aliphatic rings. The number of hydrogen-bond donors (Lipinski definition) is 0. The van der Waals surface area contributed by atoms with Crippen LogP contribution in [0.5, 0.6) is 5.06 Å². The second-order valence-corrected chi connectivity index (χ2v) is 2.80. The van der Waals surface area contributed by atoms with Gasteiger partial charge in [-0.25, -0.2) is 0 Å². The standard InChI is InChI=1S/C8H10O2S/c1-2-3-6-9-10-8-5-4-7-11-8/h3-7H,2H2,1H3. The topological polar surface area (TPSA) is 18.5 Å². The van der Waals surface area contributed by atoms with Crippen LogP contribution in [-0.4, -0.2) is 0 Å². The molecule has 0 amide bonds. The molecule has 2 nitrogen and oxygen atoms in total. The highest BCUT2D eigenvalue weighted by atomic mass is 32.1. The predicted octanol–water partition coefficient (Wildman–Crippen LogP) is 2.98. The van der Waals surface area contributed by atoms with Crippen LogP contribution < -0.4 is 4.89 Å². The normalized spacial score (nSPS) is 10.3. The van der Waals surface area contributed by atoms with Gasteiger partial charge in [0.05, 0.1) is 0 Å². The zero-order valence-corrected chi connectivity index (χ0v) is 7.14. The van der Waals surface area contributed by atoms with Crippen molar-refractivity contribution in [3.8, 4) is 5.06 Å². The monoisotopic (exact) mass is 170 g/mol. The average Bonchev–Trinajstić information content (AvgIpc) is 2.50. The maximum atomic E-state index is 4.88. The van der Waals surface area contributed by atoms with Gasteiger partial charge < -0.3 is 0 Å². The molecule has 0 fully saturated rings. The van der Waals surface area contributed by atoms with E-state index in [9.17, 15) is 0 Å². The van der Waals surface area contributed by atoms with Crippen LogP contribution in [0.2, 0.25) is 0 Å². The zero-order valence-electron chi connectivity index (χ0n) is 6.32. The van der Waals surface area contributed by atoms with E-state index in [1.165, 1.54) is 11.3 Å². The summed E-state index contributed by atoms with van der Waals surface area (Å²) in [7, 11) is 0. The summed E-state index contributed by atoms with van der Waals surface area (Å²) in [6, 6.07) is 3.76. The van der Waals surface area contributed by atoms with Crippen LogP contribution in [-0.2, 0) is 4.89 Å². The third-order valence-electron chi connectivity index (χ3n) is 1.01. The van der Waals surface area contributed by atoms with Crippen LogP contribution in [0.4, 0.5) is 0 Å². The Morgan fingerprint density at radius 3 is 3.18 bits per heavy atom. The van der Waals surface area contributed by atoms with Crippen molar-refractivity contribution in [2.24, 2.45) is 0 Å². The van der Waals surface area contributed by atoms with Gasteiger partial charge in [0.1, 0.15) is 6.26 Å². The molecule has 1 aromatic rings. The molecule has 0 aliphatic heterocycles. The van der Waals surface area contributed by atoms with Gasteiger partial charge in [0, 0.05) is 0 Å². The maximum absolute atomic E-state index is 4.88. The third-order valence-corrected chi connectivity index (χ3v) is 1.74. The molecule has 1 rings (SSSR count). The van der Waals surface area contributed by atoms with E-state index in [1.807, 2.05) is 30.5 Å². The van der Waals surface area contributed by atoms with Gasteiger partial charge >= 0.3 is 0 Å². The summed E-state index contributed by atoms with van der Waals surface area (Å²) in [5.74, 6) is 0. The highest BCUT2D eigenvalue weighted by Gasteiger charge is 1.90. The molecule has 0 bridgehead atoms. The Morgan fingerprint density at radius 1 is 1.64 bits per heavy atom. The minimum Gasteiger partial charge on any atom is -0.297 e. The fourth-order valence-corrected chi connectivity index (χ4v) is 1.05. The summed E-state index contributed by atoms with van der Waals surface area (Å²) in [4.78, 5) is 9.63. The molecule has 1 aromatic heterocycles. The van der Waals surface area contributed by atoms with Gasteiger partial charge in [0.15, 0.2) is 0 Å². The number of allylic oxidation sites excluding steroid dienone is 1. The summed E-state index contributed by atoms with van der Waals surface area (Å²) in [6.45, 7) is 2.03. The van der Waals surface area contributed by atoms with Gasteiger partial charge in [-0.05, 0) is 30.0 Å². The summed E-state index contributed by atoms with van der Waals surface area (Å²) in [5.41, 5.74) is 0. The van der Waals surface area contributed by atoms with Crippen molar-refractivity contribution in [1.82, 2.24) is 0 Å². The first kappa shape index (κ1) is 8.14. The molecule has 0 radical (unpaired) electrons. The van der Waals surface area contributed by atoms with Gasteiger partial charge in [-0.2, -0.15) is 0 Å². The lowest BCUT2D eigenvalue weighted by Gasteiger charge is -1.95. The molecule has 0 saturated heterocycles. The lowest BCUT2D eigenvalue weighted by molar-refractivity contribution is -0.145. The van der Waals surface area contributed by atoms with Crippen molar-refractivity contribution in [1.29, 1.82) is 0 Å². The van der Waals surface area contributed by atoms with Crippen molar-refractivity contribution in [3.05, 3.63) is 29.9 Å². The summed E-state index contributed by atoms with van der Waals surface area (Å²) < 4.78 is 0. The zero-order chi connectivity index (χ0) is 7.94. The first-order chi connectivity index (χ1) is 5.43. The van der Waals surface area contributed by atoms with E-state index >= 15 is 0 Å². The second kappa shape index (κ2) is 4.79. The SMILES string of the molecule is CCC=COOc1cccs1. The quantitative estimate of drug-likeness (QED) is 0.393. The van der Waals surface area contributed by atoms with Gasteiger partial charge in [-0.3, -0.25) is 9.78 Å². The first-order valence-electron chi connectivity index (χ1n) is 3.45. The second-order valence-electron chi connectivity index (χ2n) is 1.89. The Morgan fingerprint density at radius 2 is 2.55 bits per heavy atom. The van der Waals surface area contributed by atoms with E-state index in [2.05, 4.69) is 0 Å². The van der Waals surface area contributed by atoms with Crippen molar-refractivity contribution in [2.75, 3.05) is 0 Å². The molecule has 0 saturated carbocycles. The Bertz CT molecular complexity index is 204. The molecule has 3 heteroatoms. The molecule has 0 spiro atoms. The lowest BCUT2D eigenvalue weighted by atomic mass is 10.5. The summed E-state index contributed by atoms with van der Waals surface area (Å²) in [5, 5.41) is 2.70. The number of rotatable bonds is 4. The minimum absolute atomic E-state index is 0.769. The van der Waals surface area contributed by atoms with Crippen LogP contribution in [0.3, 0.4) is 0 Å². The van der Waals surface area contributed by atoms with E-state index in [1.54, 1.807) is 6.26 Å². The molecule has 1 heterocycles. The third kappa shape index (κ3) is 3.09. The highest BCUT2D eigenvalue weighted by molar-refractivity contribution is 7.11. The molecule has 0 unspecified atom stereocenters. The molecular weight excluding hydrogens is 160 g/mol. The maximum Gasteiger partial charge on any atom is 0.232 e. The van der Waals surface area contributed by atoms with Gasteiger partial charge in [-0.1, -0.05) is 6.92 Å². The Balaban J connectivity index is 2.19. The number of thiophene rings is 1. The van der Waals surface area contributed by atoms with Crippen LogP contribution in [0, 0.1) is 0 Å². The smallest absolute Gasteiger partial charge is 0.232 e. The van der Waals surface area contributed by atoms with Gasteiger partial charge in [0.2, 0.25) is 5.06 Å². The van der Waals surface area contributed by atoms with E-state index in [0.29, 0.717) is 0 Å². The van der Waals surface area contributed by atoms with E-state index in [4.69, 9.17) is 9.78 Å². The van der Waals surface area contributed by atoms with Crippen LogP contribution in [0.15, 0.2) is 29.9 Å².